The van der Waals surface area contributed by atoms with Crippen molar-refractivity contribution in [1.82, 2.24) is 5.32 Å². The summed E-state index contributed by atoms with van der Waals surface area (Å²) < 4.78 is 42.8. The zero-order chi connectivity index (χ0) is 15.3. The van der Waals surface area contributed by atoms with Gasteiger partial charge in [0.05, 0.1) is 23.2 Å². The molecule has 1 aromatic carbocycles. The first-order valence-corrected chi connectivity index (χ1v) is 6.05. The number of nitrogens with one attached hydrogen (secondary N) is 2. The standard InChI is InChI=1S/C12H14ClF3N2O2/c1-7(6-20-2)17-11(19)18-8-3-4-10(13)9(5-8)12(14,15)16/h3-5,7H,6H2,1-2H3,(H2,17,18,19). The predicted molar refractivity (Wildman–Crippen MR) is 69.9 cm³/mol. The zero-order valence-electron chi connectivity index (χ0n) is 10.8. The van der Waals surface area contributed by atoms with Crippen LogP contribution in [0, 0.1) is 0 Å². The van der Waals surface area contributed by atoms with E-state index >= 15 is 0 Å². The van der Waals surface area contributed by atoms with Crippen molar-refractivity contribution < 1.29 is 22.7 Å². The number of hydrogen-bond donors (Lipinski definition) is 2. The second-order valence-corrected chi connectivity index (χ2v) is 4.55. The summed E-state index contributed by atoms with van der Waals surface area (Å²) in [6, 6.07) is 2.26. The van der Waals surface area contributed by atoms with Crippen LogP contribution < -0.4 is 10.6 Å². The molecule has 0 bridgehead atoms. The molecule has 0 heterocycles. The highest BCUT2D eigenvalue weighted by Crippen LogP contribution is 2.36. The minimum Gasteiger partial charge on any atom is -0.383 e. The minimum absolute atomic E-state index is 0.00356. The molecular weight excluding hydrogens is 297 g/mol. The van der Waals surface area contributed by atoms with Crippen LogP contribution in [0.1, 0.15) is 12.5 Å². The molecule has 1 aromatic rings. The van der Waals surface area contributed by atoms with E-state index in [9.17, 15) is 18.0 Å². The van der Waals surface area contributed by atoms with Crippen molar-refractivity contribution in [3.05, 3.63) is 28.8 Å². The van der Waals surface area contributed by atoms with Gasteiger partial charge in [-0.25, -0.2) is 4.79 Å². The summed E-state index contributed by atoms with van der Waals surface area (Å²) in [4.78, 5) is 11.6. The fourth-order valence-corrected chi connectivity index (χ4v) is 1.73. The van der Waals surface area contributed by atoms with Crippen molar-refractivity contribution in [2.24, 2.45) is 0 Å². The molecule has 0 aliphatic rings. The molecule has 0 radical (unpaired) electrons. The van der Waals surface area contributed by atoms with Gasteiger partial charge in [-0.15, -0.1) is 0 Å². The molecule has 8 heteroatoms. The van der Waals surface area contributed by atoms with Gasteiger partial charge in [0, 0.05) is 12.8 Å². The van der Waals surface area contributed by atoms with Crippen LogP contribution in [0.3, 0.4) is 0 Å². The fraction of sp³-hybridized carbons (Fsp3) is 0.417. The lowest BCUT2D eigenvalue weighted by Crippen LogP contribution is -2.38. The van der Waals surface area contributed by atoms with Crippen molar-refractivity contribution in [3.8, 4) is 0 Å². The van der Waals surface area contributed by atoms with Crippen LogP contribution in [0.5, 0.6) is 0 Å². The maximum absolute atomic E-state index is 12.6. The molecule has 0 spiro atoms. The van der Waals surface area contributed by atoms with Crippen molar-refractivity contribution in [2.75, 3.05) is 19.0 Å². The van der Waals surface area contributed by atoms with Crippen molar-refractivity contribution in [2.45, 2.75) is 19.1 Å². The van der Waals surface area contributed by atoms with Gasteiger partial charge in [-0.3, -0.25) is 0 Å². The second-order valence-electron chi connectivity index (χ2n) is 4.15. The van der Waals surface area contributed by atoms with E-state index < -0.39 is 22.8 Å². The highest BCUT2D eigenvalue weighted by Gasteiger charge is 2.33. The molecule has 0 aliphatic carbocycles. The third-order valence-electron chi connectivity index (χ3n) is 2.32. The van der Waals surface area contributed by atoms with E-state index in [0.29, 0.717) is 6.61 Å². The van der Waals surface area contributed by atoms with Gasteiger partial charge < -0.3 is 15.4 Å². The maximum atomic E-state index is 12.6. The average Bonchev–Trinajstić information content (AvgIpc) is 2.30. The number of methoxy groups -OCH3 is 1. The molecule has 112 valence electrons. The van der Waals surface area contributed by atoms with Gasteiger partial charge in [0.1, 0.15) is 0 Å². The quantitative estimate of drug-likeness (QED) is 0.894. The Morgan fingerprint density at radius 1 is 1.45 bits per heavy atom. The van der Waals surface area contributed by atoms with E-state index in [-0.39, 0.29) is 11.7 Å². The van der Waals surface area contributed by atoms with Crippen molar-refractivity contribution in [1.29, 1.82) is 0 Å². The molecular formula is C12H14ClF3N2O2. The number of amides is 2. The number of ether oxygens (including phenoxy) is 1. The molecule has 1 rings (SSSR count). The molecule has 2 amide bonds. The highest BCUT2D eigenvalue weighted by molar-refractivity contribution is 6.31. The Morgan fingerprint density at radius 2 is 2.10 bits per heavy atom. The highest BCUT2D eigenvalue weighted by atomic mass is 35.5. The van der Waals surface area contributed by atoms with Gasteiger partial charge in [-0.05, 0) is 25.1 Å². The van der Waals surface area contributed by atoms with E-state index in [0.717, 1.165) is 12.1 Å². The summed E-state index contributed by atoms with van der Waals surface area (Å²) in [7, 11) is 1.48. The molecule has 0 aromatic heterocycles. The summed E-state index contributed by atoms with van der Waals surface area (Å²) >= 11 is 5.48. The summed E-state index contributed by atoms with van der Waals surface area (Å²) in [5.74, 6) is 0. The van der Waals surface area contributed by atoms with Gasteiger partial charge in [-0.2, -0.15) is 13.2 Å². The number of carbonyl (C=O) groups excluding carboxylic acids is 1. The molecule has 1 atom stereocenters. The third kappa shape index (κ3) is 4.90. The zero-order valence-corrected chi connectivity index (χ0v) is 11.6. The van der Waals surface area contributed by atoms with Crippen LogP contribution in [-0.2, 0) is 10.9 Å². The molecule has 2 N–H and O–H groups in total. The van der Waals surface area contributed by atoms with E-state index in [1.807, 2.05) is 0 Å². The lowest BCUT2D eigenvalue weighted by Gasteiger charge is -2.15. The largest absolute Gasteiger partial charge is 0.417 e. The molecule has 0 saturated carbocycles. The topological polar surface area (TPSA) is 50.4 Å². The van der Waals surface area contributed by atoms with Gasteiger partial charge in [-0.1, -0.05) is 11.6 Å². The number of benzene rings is 1. The Labute approximate surface area is 119 Å². The smallest absolute Gasteiger partial charge is 0.383 e. The Hall–Kier alpha value is -1.47. The number of urea groups is 1. The van der Waals surface area contributed by atoms with Crippen molar-refractivity contribution >= 4 is 23.3 Å². The molecule has 0 aliphatic heterocycles. The number of halogens is 4. The lowest BCUT2D eigenvalue weighted by atomic mass is 10.2. The van der Waals surface area contributed by atoms with Gasteiger partial charge in [0.2, 0.25) is 0 Å². The normalized spacial score (nSPS) is 12.9. The summed E-state index contributed by atoms with van der Waals surface area (Å²) in [5, 5.41) is 4.40. The number of alkyl halides is 3. The summed E-state index contributed by atoms with van der Waals surface area (Å²) in [6.45, 7) is 1.99. The molecule has 1 unspecified atom stereocenters. The Morgan fingerprint density at radius 3 is 2.65 bits per heavy atom. The monoisotopic (exact) mass is 310 g/mol. The van der Waals surface area contributed by atoms with Crippen molar-refractivity contribution in [3.63, 3.8) is 0 Å². The SMILES string of the molecule is COCC(C)NC(=O)Nc1ccc(Cl)c(C(F)(F)F)c1. The fourth-order valence-electron chi connectivity index (χ4n) is 1.50. The molecule has 20 heavy (non-hydrogen) atoms. The summed E-state index contributed by atoms with van der Waals surface area (Å²) in [5.41, 5.74) is -0.995. The lowest BCUT2D eigenvalue weighted by molar-refractivity contribution is -0.137. The van der Waals surface area contributed by atoms with Gasteiger partial charge in [0.25, 0.3) is 0 Å². The van der Waals surface area contributed by atoms with Crippen LogP contribution in [-0.4, -0.2) is 25.8 Å². The Bertz CT molecular complexity index is 480. The molecule has 0 saturated heterocycles. The number of hydrogen-bond acceptors (Lipinski definition) is 2. The van der Waals surface area contributed by atoms with Gasteiger partial charge >= 0.3 is 12.2 Å². The number of rotatable bonds is 4. The first-order chi connectivity index (χ1) is 9.24. The van der Waals surface area contributed by atoms with E-state index in [2.05, 4.69) is 10.6 Å². The molecule has 0 fully saturated rings. The van der Waals surface area contributed by atoms with Gasteiger partial charge in [0.15, 0.2) is 0 Å². The Balaban J connectivity index is 2.76. The van der Waals surface area contributed by atoms with Crippen LogP contribution in [0.2, 0.25) is 5.02 Å². The van der Waals surface area contributed by atoms with E-state index in [1.54, 1.807) is 6.92 Å². The van der Waals surface area contributed by atoms with E-state index in [4.69, 9.17) is 16.3 Å². The summed E-state index contributed by atoms with van der Waals surface area (Å²) in [6.07, 6.45) is -4.57. The van der Waals surface area contributed by atoms with Crippen LogP contribution >= 0.6 is 11.6 Å². The number of anilines is 1. The van der Waals surface area contributed by atoms with Crippen LogP contribution in [0.15, 0.2) is 18.2 Å². The minimum atomic E-state index is -4.57. The van der Waals surface area contributed by atoms with E-state index in [1.165, 1.54) is 13.2 Å². The average molecular weight is 311 g/mol. The Kier molecular flexibility index (Phi) is 5.64. The number of carbonyl (C=O) groups is 1. The van der Waals surface area contributed by atoms with Crippen LogP contribution in [0.4, 0.5) is 23.7 Å². The third-order valence-corrected chi connectivity index (χ3v) is 2.65. The second kappa shape index (κ2) is 6.81. The first-order valence-electron chi connectivity index (χ1n) is 5.67. The molecule has 4 nitrogen and oxygen atoms in total. The predicted octanol–water partition coefficient (Wildman–Crippen LogP) is 3.52. The van der Waals surface area contributed by atoms with Crippen LogP contribution in [0.25, 0.3) is 0 Å². The first kappa shape index (κ1) is 16.6. The maximum Gasteiger partial charge on any atom is 0.417 e.